The van der Waals surface area contributed by atoms with Gasteiger partial charge in [-0.1, -0.05) is 6.42 Å². The third kappa shape index (κ3) is 3.67. The van der Waals surface area contributed by atoms with Crippen LogP contribution in [0.3, 0.4) is 0 Å². The summed E-state index contributed by atoms with van der Waals surface area (Å²) in [6.45, 7) is 0.832. The topological polar surface area (TPSA) is 68.5 Å². The average Bonchev–Trinajstić information content (AvgIpc) is 2.91. The predicted molar refractivity (Wildman–Crippen MR) is 72.0 cm³/mol. The molecule has 0 radical (unpaired) electrons. The highest BCUT2D eigenvalue weighted by Gasteiger charge is 2.02. The van der Waals surface area contributed by atoms with Crippen LogP contribution in [-0.4, -0.2) is 34.2 Å². The number of carbonyl (C=O) groups excluding carboxylic acids is 1. The third-order valence-electron chi connectivity index (χ3n) is 2.90. The van der Waals surface area contributed by atoms with Gasteiger partial charge in [0.2, 0.25) is 0 Å². The molecule has 0 aliphatic heterocycles. The second-order valence-electron chi connectivity index (χ2n) is 4.25. The van der Waals surface area contributed by atoms with Crippen LogP contribution in [0.5, 0.6) is 0 Å². The molecule has 0 bridgehead atoms. The summed E-state index contributed by atoms with van der Waals surface area (Å²) in [5.41, 5.74) is 0.970. The van der Waals surface area contributed by atoms with E-state index in [1.165, 1.54) is 7.11 Å². The van der Waals surface area contributed by atoms with Crippen LogP contribution in [0.15, 0.2) is 24.7 Å². The van der Waals surface area contributed by atoms with Crippen LogP contribution >= 0.6 is 0 Å². The molecule has 102 valence electrons. The van der Waals surface area contributed by atoms with Gasteiger partial charge in [-0.3, -0.25) is 4.79 Å². The zero-order chi connectivity index (χ0) is 13.5. The number of anilines is 1. The molecule has 2 aromatic rings. The summed E-state index contributed by atoms with van der Waals surface area (Å²) in [7, 11) is 1.42. The van der Waals surface area contributed by atoms with Crippen molar-refractivity contribution in [2.75, 3.05) is 19.0 Å². The van der Waals surface area contributed by atoms with Gasteiger partial charge in [0, 0.05) is 25.4 Å². The van der Waals surface area contributed by atoms with E-state index >= 15 is 0 Å². The fourth-order valence-corrected chi connectivity index (χ4v) is 1.87. The molecule has 0 atom stereocenters. The number of rotatable bonds is 7. The quantitative estimate of drug-likeness (QED) is 0.609. The number of nitrogens with zero attached hydrogens (tertiary/aromatic N) is 3. The SMILES string of the molecule is COC(=O)CCCCCNc1nccn2nccc12. The zero-order valence-corrected chi connectivity index (χ0v) is 11.0. The molecule has 0 unspecified atom stereocenters. The Hall–Kier alpha value is -2.11. The normalized spacial score (nSPS) is 10.6. The second-order valence-corrected chi connectivity index (χ2v) is 4.25. The summed E-state index contributed by atoms with van der Waals surface area (Å²) < 4.78 is 6.38. The molecular weight excluding hydrogens is 244 g/mol. The van der Waals surface area contributed by atoms with Crippen molar-refractivity contribution in [3.63, 3.8) is 0 Å². The van der Waals surface area contributed by atoms with Crippen molar-refractivity contribution < 1.29 is 9.53 Å². The molecule has 19 heavy (non-hydrogen) atoms. The number of unbranched alkanes of at least 4 members (excludes halogenated alkanes) is 2. The van der Waals surface area contributed by atoms with Gasteiger partial charge in [-0.2, -0.15) is 5.10 Å². The van der Waals surface area contributed by atoms with E-state index in [1.54, 1.807) is 16.9 Å². The Labute approximate surface area is 111 Å². The number of fused-ring (bicyclic) bond motifs is 1. The summed E-state index contributed by atoms with van der Waals surface area (Å²) >= 11 is 0. The third-order valence-corrected chi connectivity index (χ3v) is 2.90. The molecule has 6 heteroatoms. The van der Waals surface area contributed by atoms with Crippen LogP contribution in [0, 0.1) is 0 Å². The molecular formula is C13H18N4O2. The van der Waals surface area contributed by atoms with E-state index < -0.39 is 0 Å². The molecule has 0 fully saturated rings. The van der Waals surface area contributed by atoms with Crippen LogP contribution in [0.1, 0.15) is 25.7 Å². The molecule has 0 aliphatic carbocycles. The number of hydrogen-bond acceptors (Lipinski definition) is 5. The fraction of sp³-hybridized carbons (Fsp3) is 0.462. The largest absolute Gasteiger partial charge is 0.469 e. The average molecular weight is 262 g/mol. The van der Waals surface area contributed by atoms with Crippen molar-refractivity contribution in [3.05, 3.63) is 24.7 Å². The first-order valence-electron chi connectivity index (χ1n) is 6.40. The summed E-state index contributed by atoms with van der Waals surface area (Å²) in [6.07, 6.45) is 8.62. The Morgan fingerprint density at radius 2 is 2.26 bits per heavy atom. The maximum atomic E-state index is 10.9. The highest BCUT2D eigenvalue weighted by molar-refractivity contribution is 5.69. The van der Waals surface area contributed by atoms with Gasteiger partial charge in [0.25, 0.3) is 0 Å². The van der Waals surface area contributed by atoms with Gasteiger partial charge in [-0.15, -0.1) is 0 Å². The first kappa shape index (κ1) is 13.3. The number of ether oxygens (including phenoxy) is 1. The van der Waals surface area contributed by atoms with E-state index in [2.05, 4.69) is 20.1 Å². The number of methoxy groups -OCH3 is 1. The standard InChI is InChI=1S/C13H18N4O2/c1-19-12(18)5-3-2-4-7-14-13-11-6-8-16-17(11)10-9-15-13/h6,8-10H,2-5,7H2,1H3,(H,14,15). The lowest BCUT2D eigenvalue weighted by Crippen LogP contribution is -2.05. The smallest absolute Gasteiger partial charge is 0.305 e. The lowest BCUT2D eigenvalue weighted by atomic mass is 10.2. The summed E-state index contributed by atoms with van der Waals surface area (Å²) in [6, 6.07) is 1.92. The number of carbonyl (C=O) groups is 1. The second kappa shape index (κ2) is 6.72. The van der Waals surface area contributed by atoms with Crippen molar-refractivity contribution in [1.29, 1.82) is 0 Å². The predicted octanol–water partition coefficient (Wildman–Crippen LogP) is 1.87. The molecule has 0 saturated heterocycles. The van der Waals surface area contributed by atoms with Gasteiger partial charge < -0.3 is 10.1 Å². The Morgan fingerprint density at radius 1 is 1.37 bits per heavy atom. The van der Waals surface area contributed by atoms with Crippen LogP contribution in [0.2, 0.25) is 0 Å². The molecule has 1 N–H and O–H groups in total. The first-order chi connectivity index (χ1) is 9.31. The van der Waals surface area contributed by atoms with Crippen LogP contribution in [0.4, 0.5) is 5.82 Å². The highest BCUT2D eigenvalue weighted by atomic mass is 16.5. The van der Waals surface area contributed by atoms with Gasteiger partial charge in [0.15, 0.2) is 5.82 Å². The van der Waals surface area contributed by atoms with E-state index in [0.29, 0.717) is 6.42 Å². The van der Waals surface area contributed by atoms with Crippen LogP contribution < -0.4 is 5.32 Å². The molecule has 2 rings (SSSR count). The van der Waals surface area contributed by atoms with Gasteiger partial charge in [0.05, 0.1) is 13.3 Å². The van der Waals surface area contributed by atoms with Crippen molar-refractivity contribution in [2.24, 2.45) is 0 Å². The molecule has 0 saturated carbocycles. The number of hydrogen-bond donors (Lipinski definition) is 1. The Balaban J connectivity index is 1.71. The van der Waals surface area contributed by atoms with Crippen molar-refractivity contribution in [2.45, 2.75) is 25.7 Å². The van der Waals surface area contributed by atoms with E-state index in [-0.39, 0.29) is 5.97 Å². The lowest BCUT2D eigenvalue weighted by molar-refractivity contribution is -0.140. The fourth-order valence-electron chi connectivity index (χ4n) is 1.87. The van der Waals surface area contributed by atoms with E-state index in [1.807, 2.05) is 12.3 Å². The maximum Gasteiger partial charge on any atom is 0.305 e. The summed E-state index contributed by atoms with van der Waals surface area (Å²) in [5, 5.41) is 7.44. The molecule has 2 heterocycles. The van der Waals surface area contributed by atoms with Crippen LogP contribution in [-0.2, 0) is 9.53 Å². The highest BCUT2D eigenvalue weighted by Crippen LogP contribution is 2.12. The minimum absolute atomic E-state index is 0.140. The number of nitrogens with one attached hydrogen (secondary N) is 1. The first-order valence-corrected chi connectivity index (χ1v) is 6.40. The number of esters is 1. The van der Waals surface area contributed by atoms with Crippen molar-refractivity contribution in [1.82, 2.24) is 14.6 Å². The monoisotopic (exact) mass is 262 g/mol. The Morgan fingerprint density at radius 3 is 3.11 bits per heavy atom. The van der Waals surface area contributed by atoms with Crippen molar-refractivity contribution in [3.8, 4) is 0 Å². The van der Waals surface area contributed by atoms with E-state index in [4.69, 9.17) is 0 Å². The van der Waals surface area contributed by atoms with Gasteiger partial charge in [-0.25, -0.2) is 9.50 Å². The van der Waals surface area contributed by atoms with Gasteiger partial charge in [-0.05, 0) is 18.9 Å². The minimum Gasteiger partial charge on any atom is -0.469 e. The molecule has 0 amide bonds. The molecule has 0 spiro atoms. The Bertz CT molecular complexity index is 538. The molecule has 2 aromatic heterocycles. The summed E-state index contributed by atoms with van der Waals surface area (Å²) in [4.78, 5) is 15.2. The van der Waals surface area contributed by atoms with E-state index in [0.717, 1.165) is 37.1 Å². The lowest BCUT2D eigenvalue weighted by Gasteiger charge is -2.06. The van der Waals surface area contributed by atoms with Crippen molar-refractivity contribution >= 4 is 17.3 Å². The van der Waals surface area contributed by atoms with Crippen LogP contribution in [0.25, 0.3) is 5.52 Å². The molecule has 6 nitrogen and oxygen atoms in total. The zero-order valence-electron chi connectivity index (χ0n) is 11.0. The maximum absolute atomic E-state index is 10.9. The Kier molecular flexibility index (Phi) is 4.72. The van der Waals surface area contributed by atoms with Gasteiger partial charge in [0.1, 0.15) is 5.52 Å². The molecule has 0 aliphatic rings. The molecule has 0 aromatic carbocycles. The van der Waals surface area contributed by atoms with E-state index in [9.17, 15) is 4.79 Å². The number of aromatic nitrogens is 3. The van der Waals surface area contributed by atoms with Gasteiger partial charge >= 0.3 is 5.97 Å². The summed E-state index contributed by atoms with van der Waals surface area (Å²) in [5.74, 6) is 0.701. The minimum atomic E-state index is -0.140.